The van der Waals surface area contributed by atoms with Crippen molar-refractivity contribution in [2.45, 2.75) is 13.8 Å². The molecule has 0 unspecified atom stereocenters. The van der Waals surface area contributed by atoms with Crippen LogP contribution >= 0.6 is 0 Å². The summed E-state index contributed by atoms with van der Waals surface area (Å²) in [5, 5.41) is 0.601. The summed E-state index contributed by atoms with van der Waals surface area (Å²) in [7, 11) is 0. The van der Waals surface area contributed by atoms with E-state index < -0.39 is 0 Å². The Balaban J connectivity index is 2.47. The van der Waals surface area contributed by atoms with Crippen LogP contribution in [0.25, 0.3) is 17.0 Å². The topological polar surface area (TPSA) is 55.0 Å². The highest BCUT2D eigenvalue weighted by Gasteiger charge is 2.01. The van der Waals surface area contributed by atoms with Gasteiger partial charge in [-0.05, 0) is 37.6 Å². The van der Waals surface area contributed by atoms with Gasteiger partial charge >= 0.3 is 0 Å². The number of hydrogen-bond acceptors (Lipinski definition) is 3. The molecule has 2 rings (SSSR count). The van der Waals surface area contributed by atoms with Crippen LogP contribution in [0.5, 0.6) is 0 Å². The van der Waals surface area contributed by atoms with Crippen molar-refractivity contribution >= 4 is 17.0 Å². The Morgan fingerprint density at radius 2 is 2.29 bits per heavy atom. The summed E-state index contributed by atoms with van der Waals surface area (Å²) >= 11 is 0. The first-order valence-corrected chi connectivity index (χ1v) is 5.49. The molecule has 1 aromatic carbocycles. The Labute approximate surface area is 99.0 Å². The van der Waals surface area contributed by atoms with E-state index in [-0.39, 0.29) is 5.56 Å². The van der Waals surface area contributed by atoms with Gasteiger partial charge in [0.25, 0.3) is 5.56 Å². The van der Waals surface area contributed by atoms with Gasteiger partial charge in [-0.15, -0.1) is 0 Å². The molecule has 0 saturated heterocycles. The standard InChI is InChI=1S/C13H14N2O2/c1-3-17-7-6-10-4-5-11-12(8-10)14-9(2)15-13(11)16/h4-8H,3H2,1-2H3,(H,14,15,16)/b7-6+. The van der Waals surface area contributed by atoms with E-state index in [1.54, 1.807) is 19.3 Å². The Hall–Kier alpha value is -2.10. The second kappa shape index (κ2) is 4.82. The van der Waals surface area contributed by atoms with E-state index >= 15 is 0 Å². The third-order valence-electron chi connectivity index (χ3n) is 2.37. The third-order valence-corrected chi connectivity index (χ3v) is 2.37. The minimum atomic E-state index is -0.104. The lowest BCUT2D eigenvalue weighted by molar-refractivity contribution is 0.272. The highest BCUT2D eigenvalue weighted by Crippen LogP contribution is 2.11. The molecule has 1 N–H and O–H groups in total. The number of nitrogens with one attached hydrogen (secondary N) is 1. The van der Waals surface area contributed by atoms with Crippen LogP contribution in [0.3, 0.4) is 0 Å². The van der Waals surface area contributed by atoms with Crippen molar-refractivity contribution < 1.29 is 4.74 Å². The maximum atomic E-state index is 11.6. The quantitative estimate of drug-likeness (QED) is 0.823. The van der Waals surface area contributed by atoms with Gasteiger partial charge in [0, 0.05) is 0 Å². The van der Waals surface area contributed by atoms with Crippen molar-refractivity contribution in [3.05, 3.63) is 46.2 Å². The van der Waals surface area contributed by atoms with Gasteiger partial charge in [-0.3, -0.25) is 4.79 Å². The number of aromatic nitrogens is 2. The summed E-state index contributed by atoms with van der Waals surface area (Å²) in [6.45, 7) is 4.33. The largest absolute Gasteiger partial charge is 0.501 e. The molecule has 1 aromatic heterocycles. The second-order valence-corrected chi connectivity index (χ2v) is 3.69. The summed E-state index contributed by atoms with van der Waals surface area (Å²) in [5.74, 6) is 0.619. The molecule has 88 valence electrons. The van der Waals surface area contributed by atoms with Crippen molar-refractivity contribution in [3.8, 4) is 0 Å². The number of ether oxygens (including phenoxy) is 1. The van der Waals surface area contributed by atoms with Gasteiger partial charge < -0.3 is 9.72 Å². The normalized spacial score (nSPS) is 11.2. The van der Waals surface area contributed by atoms with Crippen molar-refractivity contribution in [3.63, 3.8) is 0 Å². The smallest absolute Gasteiger partial charge is 0.258 e. The van der Waals surface area contributed by atoms with Gasteiger partial charge in [-0.2, -0.15) is 0 Å². The minimum absolute atomic E-state index is 0.104. The first kappa shape index (κ1) is 11.4. The van der Waals surface area contributed by atoms with Gasteiger partial charge in [-0.25, -0.2) is 4.98 Å². The second-order valence-electron chi connectivity index (χ2n) is 3.69. The Morgan fingerprint density at radius 1 is 1.47 bits per heavy atom. The Bertz CT molecular complexity index is 614. The average Bonchev–Trinajstić information content (AvgIpc) is 2.28. The average molecular weight is 230 g/mol. The van der Waals surface area contributed by atoms with E-state index in [0.29, 0.717) is 23.3 Å². The summed E-state index contributed by atoms with van der Waals surface area (Å²) in [6.07, 6.45) is 3.49. The molecule has 0 atom stereocenters. The number of hydrogen-bond donors (Lipinski definition) is 1. The van der Waals surface area contributed by atoms with Crippen molar-refractivity contribution in [2.75, 3.05) is 6.61 Å². The highest BCUT2D eigenvalue weighted by atomic mass is 16.5. The van der Waals surface area contributed by atoms with Gasteiger partial charge in [0.2, 0.25) is 0 Å². The maximum Gasteiger partial charge on any atom is 0.258 e. The number of benzene rings is 1. The summed E-state index contributed by atoms with van der Waals surface area (Å²) in [6, 6.07) is 5.50. The van der Waals surface area contributed by atoms with Crippen LogP contribution in [0.15, 0.2) is 29.3 Å². The van der Waals surface area contributed by atoms with E-state index in [1.807, 2.05) is 25.1 Å². The lowest BCUT2D eigenvalue weighted by Crippen LogP contribution is -2.09. The number of H-pyrrole nitrogens is 1. The predicted molar refractivity (Wildman–Crippen MR) is 67.8 cm³/mol. The molecule has 0 saturated carbocycles. The fraction of sp³-hybridized carbons (Fsp3) is 0.231. The van der Waals surface area contributed by atoms with Crippen LogP contribution in [0.4, 0.5) is 0 Å². The number of nitrogens with zero attached hydrogens (tertiary/aromatic N) is 1. The molecule has 0 radical (unpaired) electrons. The molecule has 0 fully saturated rings. The lowest BCUT2D eigenvalue weighted by Gasteiger charge is -2.00. The predicted octanol–water partition coefficient (Wildman–Crippen LogP) is 2.24. The van der Waals surface area contributed by atoms with E-state index in [1.165, 1.54) is 0 Å². The Morgan fingerprint density at radius 3 is 3.06 bits per heavy atom. The fourth-order valence-electron chi connectivity index (χ4n) is 1.60. The van der Waals surface area contributed by atoms with Gasteiger partial charge in [0.05, 0.1) is 23.8 Å². The zero-order valence-corrected chi connectivity index (χ0v) is 9.86. The first-order valence-electron chi connectivity index (χ1n) is 5.49. The SMILES string of the molecule is CCO/C=C/c1ccc2c(=O)[nH]c(C)nc2c1. The molecular weight excluding hydrogens is 216 g/mol. The molecule has 0 spiro atoms. The third kappa shape index (κ3) is 2.53. The van der Waals surface area contributed by atoms with Crippen LogP contribution in [-0.4, -0.2) is 16.6 Å². The molecule has 17 heavy (non-hydrogen) atoms. The summed E-state index contributed by atoms with van der Waals surface area (Å²) in [5.41, 5.74) is 1.56. The molecule has 0 aliphatic rings. The number of aromatic amines is 1. The summed E-state index contributed by atoms with van der Waals surface area (Å²) < 4.78 is 5.13. The monoisotopic (exact) mass is 230 g/mol. The van der Waals surface area contributed by atoms with Crippen molar-refractivity contribution in [1.82, 2.24) is 9.97 Å². The number of rotatable bonds is 3. The first-order chi connectivity index (χ1) is 8.20. The van der Waals surface area contributed by atoms with Crippen LogP contribution in [0.2, 0.25) is 0 Å². The van der Waals surface area contributed by atoms with Crippen LogP contribution < -0.4 is 5.56 Å². The van der Waals surface area contributed by atoms with Gasteiger partial charge in [0.15, 0.2) is 0 Å². The molecule has 1 heterocycles. The number of aryl methyl sites for hydroxylation is 1. The molecule has 4 nitrogen and oxygen atoms in total. The fourth-order valence-corrected chi connectivity index (χ4v) is 1.60. The molecule has 0 aliphatic carbocycles. The number of fused-ring (bicyclic) bond motifs is 1. The van der Waals surface area contributed by atoms with Gasteiger partial charge in [0.1, 0.15) is 5.82 Å². The van der Waals surface area contributed by atoms with Crippen LogP contribution in [-0.2, 0) is 4.74 Å². The maximum absolute atomic E-state index is 11.6. The lowest BCUT2D eigenvalue weighted by atomic mass is 10.1. The van der Waals surface area contributed by atoms with E-state index in [2.05, 4.69) is 9.97 Å². The molecule has 4 heteroatoms. The molecule has 0 aliphatic heterocycles. The van der Waals surface area contributed by atoms with E-state index in [0.717, 1.165) is 5.56 Å². The van der Waals surface area contributed by atoms with E-state index in [4.69, 9.17) is 4.74 Å². The minimum Gasteiger partial charge on any atom is -0.501 e. The van der Waals surface area contributed by atoms with Crippen LogP contribution in [0, 0.1) is 6.92 Å². The molecule has 0 amide bonds. The van der Waals surface area contributed by atoms with Crippen LogP contribution in [0.1, 0.15) is 18.3 Å². The van der Waals surface area contributed by atoms with E-state index in [9.17, 15) is 4.79 Å². The summed E-state index contributed by atoms with van der Waals surface area (Å²) in [4.78, 5) is 18.6. The van der Waals surface area contributed by atoms with Gasteiger partial charge in [-0.1, -0.05) is 6.07 Å². The zero-order valence-electron chi connectivity index (χ0n) is 9.86. The Kier molecular flexibility index (Phi) is 3.23. The zero-order chi connectivity index (χ0) is 12.3. The van der Waals surface area contributed by atoms with Crippen molar-refractivity contribution in [1.29, 1.82) is 0 Å². The molecule has 0 bridgehead atoms. The van der Waals surface area contributed by atoms with Crippen molar-refractivity contribution in [2.24, 2.45) is 0 Å². The molecule has 2 aromatic rings. The highest BCUT2D eigenvalue weighted by molar-refractivity contribution is 5.80. The molecular formula is C13H14N2O2.